The molecular weight excluding hydrogens is 266 g/mol. The molecule has 0 aliphatic heterocycles. The number of aromatic nitrogens is 2. The van der Waals surface area contributed by atoms with Crippen LogP contribution in [-0.2, 0) is 13.1 Å². The van der Waals surface area contributed by atoms with E-state index in [0.29, 0.717) is 0 Å². The predicted molar refractivity (Wildman–Crippen MR) is 76.0 cm³/mol. The SMILES string of the molecule is Clc1csc(CNCc2nc3ccccc3[nH]2)c1. The second kappa shape index (κ2) is 5.10. The molecule has 0 saturated carbocycles. The third kappa shape index (κ3) is 2.56. The molecule has 2 aromatic heterocycles. The zero-order valence-corrected chi connectivity index (χ0v) is 11.2. The van der Waals surface area contributed by atoms with E-state index >= 15 is 0 Å². The number of hydrogen-bond donors (Lipinski definition) is 2. The van der Waals surface area contributed by atoms with Gasteiger partial charge in [0.25, 0.3) is 0 Å². The molecule has 0 aliphatic carbocycles. The van der Waals surface area contributed by atoms with Crippen LogP contribution in [0.4, 0.5) is 0 Å². The molecule has 0 unspecified atom stereocenters. The number of nitrogens with one attached hydrogen (secondary N) is 2. The number of thiophene rings is 1. The van der Waals surface area contributed by atoms with Crippen molar-refractivity contribution in [2.75, 3.05) is 0 Å². The average molecular weight is 278 g/mol. The van der Waals surface area contributed by atoms with Crippen molar-refractivity contribution in [3.05, 3.63) is 51.4 Å². The molecule has 2 N–H and O–H groups in total. The number of imidazole rings is 1. The highest BCUT2D eigenvalue weighted by molar-refractivity contribution is 7.10. The van der Waals surface area contributed by atoms with Crippen LogP contribution >= 0.6 is 22.9 Å². The number of halogens is 1. The third-order valence-corrected chi connectivity index (χ3v) is 3.94. The summed E-state index contributed by atoms with van der Waals surface area (Å²) < 4.78 is 0. The number of aromatic amines is 1. The van der Waals surface area contributed by atoms with Crippen molar-refractivity contribution in [1.29, 1.82) is 0 Å². The highest BCUT2D eigenvalue weighted by Crippen LogP contribution is 2.18. The van der Waals surface area contributed by atoms with E-state index in [4.69, 9.17) is 11.6 Å². The summed E-state index contributed by atoms with van der Waals surface area (Å²) in [6.45, 7) is 1.54. The minimum Gasteiger partial charge on any atom is -0.341 e. The molecule has 3 rings (SSSR count). The van der Waals surface area contributed by atoms with Crippen molar-refractivity contribution in [2.45, 2.75) is 13.1 Å². The number of rotatable bonds is 4. The van der Waals surface area contributed by atoms with Crippen LogP contribution < -0.4 is 5.32 Å². The minimum atomic E-state index is 0.726. The first-order chi connectivity index (χ1) is 8.81. The molecular formula is C13H12ClN3S. The largest absolute Gasteiger partial charge is 0.341 e. The van der Waals surface area contributed by atoms with Crippen LogP contribution in [0.25, 0.3) is 11.0 Å². The first kappa shape index (κ1) is 11.7. The number of H-pyrrole nitrogens is 1. The lowest BCUT2D eigenvalue weighted by Crippen LogP contribution is -2.12. The molecule has 0 atom stereocenters. The Kier molecular flexibility index (Phi) is 3.32. The van der Waals surface area contributed by atoms with Crippen molar-refractivity contribution < 1.29 is 0 Å². The first-order valence-corrected chi connectivity index (χ1v) is 6.94. The zero-order valence-electron chi connectivity index (χ0n) is 9.61. The maximum Gasteiger partial charge on any atom is 0.121 e. The molecule has 0 amide bonds. The maximum atomic E-state index is 5.87. The van der Waals surface area contributed by atoms with Gasteiger partial charge >= 0.3 is 0 Å². The Morgan fingerprint density at radius 3 is 2.94 bits per heavy atom. The Bertz CT molecular complexity index is 626. The van der Waals surface area contributed by atoms with E-state index in [-0.39, 0.29) is 0 Å². The molecule has 92 valence electrons. The summed E-state index contributed by atoms with van der Waals surface area (Å²) in [5.41, 5.74) is 2.09. The van der Waals surface area contributed by atoms with Crippen molar-refractivity contribution in [1.82, 2.24) is 15.3 Å². The first-order valence-electron chi connectivity index (χ1n) is 5.68. The van der Waals surface area contributed by atoms with E-state index in [1.165, 1.54) is 4.88 Å². The van der Waals surface area contributed by atoms with Gasteiger partial charge in [0.2, 0.25) is 0 Å². The van der Waals surface area contributed by atoms with Crippen molar-refractivity contribution in [2.24, 2.45) is 0 Å². The topological polar surface area (TPSA) is 40.7 Å². The quantitative estimate of drug-likeness (QED) is 0.765. The van der Waals surface area contributed by atoms with Crippen LogP contribution in [0.3, 0.4) is 0 Å². The van der Waals surface area contributed by atoms with Crippen LogP contribution in [0.15, 0.2) is 35.7 Å². The molecule has 0 aliphatic rings. The van der Waals surface area contributed by atoms with Gasteiger partial charge in [0.15, 0.2) is 0 Å². The molecule has 5 heteroatoms. The normalized spacial score (nSPS) is 11.2. The van der Waals surface area contributed by atoms with E-state index in [1.54, 1.807) is 11.3 Å². The molecule has 2 heterocycles. The highest BCUT2D eigenvalue weighted by Gasteiger charge is 2.02. The summed E-state index contributed by atoms with van der Waals surface area (Å²) in [6, 6.07) is 10.0. The monoisotopic (exact) mass is 277 g/mol. The van der Waals surface area contributed by atoms with E-state index in [9.17, 15) is 0 Å². The van der Waals surface area contributed by atoms with Crippen molar-refractivity contribution >= 4 is 34.0 Å². The predicted octanol–water partition coefficient (Wildman–Crippen LogP) is 3.57. The number of benzene rings is 1. The Morgan fingerprint density at radius 1 is 1.28 bits per heavy atom. The molecule has 0 saturated heterocycles. The average Bonchev–Trinajstić information content (AvgIpc) is 2.95. The van der Waals surface area contributed by atoms with Crippen molar-refractivity contribution in [3.8, 4) is 0 Å². The summed E-state index contributed by atoms with van der Waals surface area (Å²) in [6.07, 6.45) is 0. The molecule has 0 spiro atoms. The molecule has 0 fully saturated rings. The maximum absolute atomic E-state index is 5.87. The Morgan fingerprint density at radius 2 is 2.17 bits per heavy atom. The summed E-state index contributed by atoms with van der Waals surface area (Å²) in [4.78, 5) is 9.03. The molecule has 0 radical (unpaired) electrons. The molecule has 0 bridgehead atoms. The Balaban J connectivity index is 1.62. The molecule has 18 heavy (non-hydrogen) atoms. The second-order valence-electron chi connectivity index (χ2n) is 4.04. The van der Waals surface area contributed by atoms with Gasteiger partial charge in [-0.3, -0.25) is 0 Å². The summed E-state index contributed by atoms with van der Waals surface area (Å²) in [7, 11) is 0. The fourth-order valence-electron chi connectivity index (χ4n) is 1.84. The lowest BCUT2D eigenvalue weighted by molar-refractivity contribution is 0.677. The van der Waals surface area contributed by atoms with Gasteiger partial charge in [-0.2, -0.15) is 0 Å². The van der Waals surface area contributed by atoms with E-state index in [2.05, 4.69) is 15.3 Å². The van der Waals surface area contributed by atoms with Gasteiger partial charge in [-0.15, -0.1) is 11.3 Å². The lowest BCUT2D eigenvalue weighted by atomic mass is 10.3. The van der Waals surface area contributed by atoms with Crippen LogP contribution in [0.2, 0.25) is 5.02 Å². The Hall–Kier alpha value is -1.36. The second-order valence-corrected chi connectivity index (χ2v) is 5.47. The number of nitrogens with zero attached hydrogens (tertiary/aromatic N) is 1. The van der Waals surface area contributed by atoms with Crippen LogP contribution in [0.5, 0.6) is 0 Å². The van der Waals surface area contributed by atoms with E-state index < -0.39 is 0 Å². The number of fused-ring (bicyclic) bond motifs is 1. The Labute approximate surface area is 114 Å². The number of hydrogen-bond acceptors (Lipinski definition) is 3. The van der Waals surface area contributed by atoms with Crippen molar-refractivity contribution in [3.63, 3.8) is 0 Å². The standard InChI is InChI=1S/C13H12ClN3S/c14-9-5-10(18-8-9)6-15-7-13-16-11-3-1-2-4-12(11)17-13/h1-5,8,15H,6-7H2,(H,16,17). The molecule has 1 aromatic carbocycles. The smallest absolute Gasteiger partial charge is 0.121 e. The van der Waals surface area contributed by atoms with Gasteiger partial charge in [-0.25, -0.2) is 4.98 Å². The number of para-hydroxylation sites is 2. The van der Waals surface area contributed by atoms with Gasteiger partial charge in [-0.05, 0) is 18.2 Å². The van der Waals surface area contributed by atoms with Gasteiger partial charge in [-0.1, -0.05) is 23.7 Å². The van der Waals surface area contributed by atoms with Gasteiger partial charge < -0.3 is 10.3 Å². The van der Waals surface area contributed by atoms with Crippen LogP contribution in [0, 0.1) is 0 Å². The lowest BCUT2D eigenvalue weighted by Gasteiger charge is -1.99. The van der Waals surface area contributed by atoms with Gasteiger partial charge in [0.05, 0.1) is 22.6 Å². The van der Waals surface area contributed by atoms with Crippen LogP contribution in [0.1, 0.15) is 10.7 Å². The van der Waals surface area contributed by atoms with E-state index in [1.807, 2.05) is 35.7 Å². The fourth-order valence-corrected chi connectivity index (χ4v) is 2.88. The molecule has 3 nitrogen and oxygen atoms in total. The third-order valence-electron chi connectivity index (χ3n) is 2.65. The van der Waals surface area contributed by atoms with Crippen LogP contribution in [-0.4, -0.2) is 9.97 Å². The minimum absolute atomic E-state index is 0.726. The zero-order chi connectivity index (χ0) is 12.4. The van der Waals surface area contributed by atoms with Gasteiger partial charge in [0, 0.05) is 16.8 Å². The molecule has 3 aromatic rings. The summed E-state index contributed by atoms with van der Waals surface area (Å²) >= 11 is 7.54. The van der Waals surface area contributed by atoms with Gasteiger partial charge in [0.1, 0.15) is 5.82 Å². The fraction of sp³-hybridized carbons (Fsp3) is 0.154. The summed E-state index contributed by atoms with van der Waals surface area (Å²) in [5.74, 6) is 0.957. The summed E-state index contributed by atoms with van der Waals surface area (Å²) in [5, 5.41) is 6.10. The van der Waals surface area contributed by atoms with E-state index in [0.717, 1.165) is 35.0 Å². The highest BCUT2D eigenvalue weighted by atomic mass is 35.5.